The first-order valence-corrected chi connectivity index (χ1v) is 6.23. The molecule has 20 heavy (non-hydrogen) atoms. The Labute approximate surface area is 117 Å². The number of carboxylic acid groups (broad SMARTS) is 1. The zero-order valence-corrected chi connectivity index (χ0v) is 11.9. The van der Waals surface area contributed by atoms with E-state index in [0.717, 1.165) is 0 Å². The van der Waals surface area contributed by atoms with Crippen molar-refractivity contribution in [2.45, 2.75) is 32.2 Å². The summed E-state index contributed by atoms with van der Waals surface area (Å²) in [4.78, 5) is 22.8. The zero-order chi connectivity index (χ0) is 15.3. The molecular formula is C14H20N2O4. The van der Waals surface area contributed by atoms with Crippen LogP contribution in [-0.4, -0.2) is 29.6 Å². The van der Waals surface area contributed by atoms with Gasteiger partial charge >= 0.3 is 5.97 Å². The van der Waals surface area contributed by atoms with Crippen LogP contribution in [0.15, 0.2) is 18.2 Å². The third-order valence-electron chi connectivity index (χ3n) is 2.72. The molecule has 6 heteroatoms. The summed E-state index contributed by atoms with van der Waals surface area (Å²) in [5.74, 6) is -0.883. The molecule has 0 aliphatic carbocycles. The fraction of sp³-hybridized carbons (Fsp3) is 0.429. The first-order chi connectivity index (χ1) is 9.23. The van der Waals surface area contributed by atoms with Gasteiger partial charge in [-0.1, -0.05) is 0 Å². The van der Waals surface area contributed by atoms with Crippen molar-refractivity contribution >= 4 is 17.6 Å². The lowest BCUT2D eigenvalue weighted by molar-refractivity contribution is -0.116. The molecule has 1 amide bonds. The van der Waals surface area contributed by atoms with Gasteiger partial charge in [-0.3, -0.25) is 4.79 Å². The van der Waals surface area contributed by atoms with Gasteiger partial charge < -0.3 is 20.9 Å². The number of anilines is 1. The third kappa shape index (κ3) is 4.89. The van der Waals surface area contributed by atoms with Crippen molar-refractivity contribution in [3.8, 4) is 5.75 Å². The molecule has 1 aromatic rings. The van der Waals surface area contributed by atoms with E-state index in [-0.39, 0.29) is 17.9 Å². The Hall–Kier alpha value is -2.08. The highest BCUT2D eigenvalue weighted by molar-refractivity contribution is 5.95. The van der Waals surface area contributed by atoms with Crippen LogP contribution in [0.4, 0.5) is 5.69 Å². The first kappa shape index (κ1) is 16.0. The molecule has 0 unspecified atom stereocenters. The molecule has 6 nitrogen and oxygen atoms in total. The summed E-state index contributed by atoms with van der Waals surface area (Å²) in [7, 11) is 1.45. The second-order valence-electron chi connectivity index (χ2n) is 5.26. The molecular weight excluding hydrogens is 260 g/mol. The maximum absolute atomic E-state index is 11.8. The van der Waals surface area contributed by atoms with Crippen LogP contribution in [0.3, 0.4) is 0 Å². The van der Waals surface area contributed by atoms with Gasteiger partial charge in [-0.05, 0) is 38.5 Å². The summed E-state index contributed by atoms with van der Waals surface area (Å²) in [6, 6.07) is 4.29. The average molecular weight is 280 g/mol. The number of nitrogens with one attached hydrogen (secondary N) is 1. The molecule has 0 saturated heterocycles. The molecule has 0 radical (unpaired) electrons. The molecule has 0 atom stereocenters. The van der Waals surface area contributed by atoms with Crippen LogP contribution in [-0.2, 0) is 4.79 Å². The summed E-state index contributed by atoms with van der Waals surface area (Å²) < 4.78 is 5.09. The van der Waals surface area contributed by atoms with Crippen molar-refractivity contribution in [3.05, 3.63) is 23.8 Å². The Morgan fingerprint density at radius 1 is 1.40 bits per heavy atom. The Morgan fingerprint density at radius 3 is 2.55 bits per heavy atom. The SMILES string of the molecule is COc1ccc(C(=O)O)cc1NC(=O)CCC(C)(C)N. The molecule has 0 aromatic heterocycles. The Morgan fingerprint density at radius 2 is 2.05 bits per heavy atom. The van der Waals surface area contributed by atoms with Crippen LogP contribution in [0, 0.1) is 0 Å². The summed E-state index contributed by atoms with van der Waals surface area (Å²) in [5, 5.41) is 11.6. The summed E-state index contributed by atoms with van der Waals surface area (Å²) >= 11 is 0. The zero-order valence-electron chi connectivity index (χ0n) is 11.9. The smallest absolute Gasteiger partial charge is 0.335 e. The maximum Gasteiger partial charge on any atom is 0.335 e. The minimum atomic E-state index is -1.06. The van der Waals surface area contributed by atoms with E-state index in [0.29, 0.717) is 17.9 Å². The normalized spacial score (nSPS) is 11.0. The Kier molecular flexibility index (Phi) is 5.10. The minimum absolute atomic E-state index is 0.0836. The molecule has 0 heterocycles. The van der Waals surface area contributed by atoms with Gasteiger partial charge in [-0.25, -0.2) is 4.79 Å². The number of carbonyl (C=O) groups is 2. The van der Waals surface area contributed by atoms with Gasteiger partial charge in [0.15, 0.2) is 0 Å². The first-order valence-electron chi connectivity index (χ1n) is 6.23. The van der Waals surface area contributed by atoms with Crippen molar-refractivity contribution in [1.82, 2.24) is 0 Å². The average Bonchev–Trinajstić information content (AvgIpc) is 2.35. The predicted molar refractivity (Wildman–Crippen MR) is 76.1 cm³/mol. The van der Waals surface area contributed by atoms with Crippen LogP contribution in [0.2, 0.25) is 0 Å². The minimum Gasteiger partial charge on any atom is -0.495 e. The number of hydrogen-bond donors (Lipinski definition) is 3. The number of ether oxygens (including phenoxy) is 1. The fourth-order valence-corrected chi connectivity index (χ4v) is 1.59. The third-order valence-corrected chi connectivity index (χ3v) is 2.72. The Balaban J connectivity index is 2.82. The van der Waals surface area contributed by atoms with Gasteiger partial charge in [-0.15, -0.1) is 0 Å². The van der Waals surface area contributed by atoms with Crippen molar-refractivity contribution in [1.29, 1.82) is 0 Å². The molecule has 0 bridgehead atoms. The van der Waals surface area contributed by atoms with Gasteiger partial charge in [0, 0.05) is 12.0 Å². The predicted octanol–water partition coefficient (Wildman–Crippen LogP) is 1.85. The van der Waals surface area contributed by atoms with Crippen molar-refractivity contribution in [2.75, 3.05) is 12.4 Å². The van der Waals surface area contributed by atoms with E-state index in [1.165, 1.54) is 25.3 Å². The highest BCUT2D eigenvalue weighted by atomic mass is 16.5. The molecule has 0 aliphatic rings. The number of hydrogen-bond acceptors (Lipinski definition) is 4. The van der Waals surface area contributed by atoms with Crippen LogP contribution >= 0.6 is 0 Å². The lowest BCUT2D eigenvalue weighted by Crippen LogP contribution is -2.33. The number of carbonyl (C=O) groups excluding carboxylic acids is 1. The van der Waals surface area contributed by atoms with Crippen molar-refractivity contribution < 1.29 is 19.4 Å². The van der Waals surface area contributed by atoms with Crippen molar-refractivity contribution in [3.63, 3.8) is 0 Å². The topological polar surface area (TPSA) is 102 Å². The molecule has 0 saturated carbocycles. The molecule has 0 spiro atoms. The maximum atomic E-state index is 11.8. The Bertz CT molecular complexity index is 506. The summed E-state index contributed by atoms with van der Waals surface area (Å²) in [6.45, 7) is 3.68. The summed E-state index contributed by atoms with van der Waals surface area (Å²) in [6.07, 6.45) is 0.781. The summed E-state index contributed by atoms with van der Waals surface area (Å²) in [5.41, 5.74) is 5.81. The van der Waals surface area contributed by atoms with Gasteiger partial charge in [0.1, 0.15) is 5.75 Å². The van der Waals surface area contributed by atoms with E-state index in [2.05, 4.69) is 5.32 Å². The quantitative estimate of drug-likeness (QED) is 0.738. The highest BCUT2D eigenvalue weighted by Crippen LogP contribution is 2.26. The lowest BCUT2D eigenvalue weighted by Gasteiger charge is -2.18. The van der Waals surface area contributed by atoms with E-state index < -0.39 is 11.5 Å². The van der Waals surface area contributed by atoms with E-state index in [1.807, 2.05) is 13.8 Å². The molecule has 4 N–H and O–H groups in total. The fourth-order valence-electron chi connectivity index (χ4n) is 1.59. The number of carboxylic acids is 1. The standard InChI is InChI=1S/C14H20N2O4/c1-14(2,15)7-6-12(17)16-10-8-9(13(18)19)4-5-11(10)20-3/h4-5,8H,6-7,15H2,1-3H3,(H,16,17)(H,18,19). The highest BCUT2D eigenvalue weighted by Gasteiger charge is 2.15. The van der Waals surface area contributed by atoms with Gasteiger partial charge in [0.2, 0.25) is 5.91 Å². The van der Waals surface area contributed by atoms with Gasteiger partial charge in [0.05, 0.1) is 18.4 Å². The van der Waals surface area contributed by atoms with Crippen LogP contribution in [0.25, 0.3) is 0 Å². The van der Waals surface area contributed by atoms with E-state index >= 15 is 0 Å². The number of rotatable bonds is 6. The lowest BCUT2D eigenvalue weighted by atomic mass is 10.00. The molecule has 1 rings (SSSR count). The molecule has 110 valence electrons. The van der Waals surface area contributed by atoms with Gasteiger partial charge in [0.25, 0.3) is 0 Å². The molecule has 0 aliphatic heterocycles. The van der Waals surface area contributed by atoms with Gasteiger partial charge in [-0.2, -0.15) is 0 Å². The number of amides is 1. The number of methoxy groups -OCH3 is 1. The second-order valence-corrected chi connectivity index (χ2v) is 5.26. The van der Waals surface area contributed by atoms with Crippen LogP contribution in [0.1, 0.15) is 37.0 Å². The molecule has 1 aromatic carbocycles. The number of nitrogens with two attached hydrogens (primary N) is 1. The molecule has 0 fully saturated rings. The van der Waals surface area contributed by atoms with Crippen LogP contribution < -0.4 is 15.8 Å². The number of benzene rings is 1. The largest absolute Gasteiger partial charge is 0.495 e. The second kappa shape index (κ2) is 6.38. The van der Waals surface area contributed by atoms with Crippen molar-refractivity contribution in [2.24, 2.45) is 5.73 Å². The van der Waals surface area contributed by atoms with Crippen LogP contribution in [0.5, 0.6) is 5.75 Å². The van der Waals surface area contributed by atoms with E-state index in [4.69, 9.17) is 15.6 Å². The van der Waals surface area contributed by atoms with E-state index in [1.54, 1.807) is 0 Å². The van der Waals surface area contributed by atoms with E-state index in [9.17, 15) is 9.59 Å². The monoisotopic (exact) mass is 280 g/mol. The number of aromatic carboxylic acids is 1.